The van der Waals surface area contributed by atoms with Crippen molar-refractivity contribution in [1.82, 2.24) is 9.97 Å². The van der Waals surface area contributed by atoms with Crippen LogP contribution in [0, 0.1) is 11.3 Å². The van der Waals surface area contributed by atoms with E-state index in [9.17, 15) is 0 Å². The molecule has 118 valence electrons. The molecule has 5 heteroatoms. The normalized spacial score (nSPS) is 15.4. The zero-order valence-corrected chi connectivity index (χ0v) is 13.1. The number of anilines is 3. The van der Waals surface area contributed by atoms with E-state index in [1.54, 1.807) is 18.3 Å². The van der Waals surface area contributed by atoms with Crippen LogP contribution in [0.1, 0.15) is 44.1 Å². The van der Waals surface area contributed by atoms with E-state index in [1.807, 2.05) is 18.2 Å². The van der Waals surface area contributed by atoms with Crippen LogP contribution >= 0.6 is 0 Å². The first kappa shape index (κ1) is 15.3. The molecular formula is C18H21N5. The van der Waals surface area contributed by atoms with Gasteiger partial charge in [0.1, 0.15) is 5.82 Å². The third-order valence-electron chi connectivity index (χ3n) is 4.11. The van der Waals surface area contributed by atoms with Gasteiger partial charge in [0, 0.05) is 17.9 Å². The van der Waals surface area contributed by atoms with Crippen molar-refractivity contribution >= 4 is 17.5 Å². The Morgan fingerprint density at radius 1 is 1.09 bits per heavy atom. The highest BCUT2D eigenvalue weighted by Gasteiger charge is 2.12. The Balaban J connectivity index is 1.68. The van der Waals surface area contributed by atoms with E-state index in [0.717, 1.165) is 11.5 Å². The van der Waals surface area contributed by atoms with Crippen LogP contribution in [0.25, 0.3) is 0 Å². The van der Waals surface area contributed by atoms with Gasteiger partial charge in [-0.2, -0.15) is 10.2 Å². The van der Waals surface area contributed by atoms with Crippen molar-refractivity contribution in [1.29, 1.82) is 5.26 Å². The molecule has 0 spiro atoms. The minimum atomic E-state index is 0.502. The van der Waals surface area contributed by atoms with Gasteiger partial charge in [0.25, 0.3) is 0 Å². The van der Waals surface area contributed by atoms with Gasteiger partial charge < -0.3 is 10.6 Å². The smallest absolute Gasteiger partial charge is 0.229 e. The standard InChI is InChI=1S/C18H21N5/c19-13-14-6-5-9-16(12-14)22-18-20-11-10-17(23-18)21-15-7-3-1-2-4-8-15/h5-6,9-12,15H,1-4,7-8H2,(H2,20,21,22,23). The van der Waals surface area contributed by atoms with E-state index >= 15 is 0 Å². The number of hydrogen-bond acceptors (Lipinski definition) is 5. The zero-order chi connectivity index (χ0) is 15.9. The molecule has 0 aliphatic heterocycles. The Kier molecular flexibility index (Phi) is 5.05. The van der Waals surface area contributed by atoms with Crippen molar-refractivity contribution in [3.8, 4) is 6.07 Å². The summed E-state index contributed by atoms with van der Waals surface area (Å²) in [6.07, 6.45) is 9.41. The Labute approximate surface area is 136 Å². The number of rotatable bonds is 4. The summed E-state index contributed by atoms with van der Waals surface area (Å²) in [7, 11) is 0. The third-order valence-corrected chi connectivity index (χ3v) is 4.11. The van der Waals surface area contributed by atoms with Crippen LogP contribution < -0.4 is 10.6 Å². The first-order chi connectivity index (χ1) is 11.3. The van der Waals surface area contributed by atoms with Gasteiger partial charge in [-0.25, -0.2) is 4.98 Å². The highest BCUT2D eigenvalue weighted by Crippen LogP contribution is 2.21. The maximum atomic E-state index is 8.96. The van der Waals surface area contributed by atoms with Crippen LogP contribution in [-0.2, 0) is 0 Å². The third kappa shape index (κ3) is 4.43. The monoisotopic (exact) mass is 307 g/mol. The fourth-order valence-electron chi connectivity index (χ4n) is 2.93. The highest BCUT2D eigenvalue weighted by molar-refractivity contribution is 5.57. The lowest BCUT2D eigenvalue weighted by Gasteiger charge is -2.17. The van der Waals surface area contributed by atoms with Gasteiger partial charge in [0.15, 0.2) is 0 Å². The van der Waals surface area contributed by atoms with Gasteiger partial charge >= 0.3 is 0 Å². The van der Waals surface area contributed by atoms with Gasteiger partial charge in [0.05, 0.1) is 11.6 Å². The van der Waals surface area contributed by atoms with E-state index in [1.165, 1.54) is 38.5 Å². The summed E-state index contributed by atoms with van der Waals surface area (Å²) in [5.41, 5.74) is 1.43. The van der Waals surface area contributed by atoms with Crippen LogP contribution in [0.3, 0.4) is 0 Å². The van der Waals surface area contributed by atoms with E-state index in [4.69, 9.17) is 5.26 Å². The zero-order valence-electron chi connectivity index (χ0n) is 13.1. The lowest BCUT2D eigenvalue weighted by Crippen LogP contribution is -2.19. The van der Waals surface area contributed by atoms with Crippen molar-refractivity contribution in [2.24, 2.45) is 0 Å². The van der Waals surface area contributed by atoms with Crippen LogP contribution in [0.15, 0.2) is 36.5 Å². The molecule has 1 saturated carbocycles. The number of benzene rings is 1. The van der Waals surface area contributed by atoms with Crippen LogP contribution in [0.2, 0.25) is 0 Å². The maximum absolute atomic E-state index is 8.96. The Hall–Kier alpha value is -2.61. The molecule has 0 saturated heterocycles. The SMILES string of the molecule is N#Cc1cccc(Nc2nccc(NC3CCCCCC3)n2)c1. The molecule has 5 nitrogen and oxygen atoms in total. The van der Waals surface area contributed by atoms with Crippen LogP contribution in [-0.4, -0.2) is 16.0 Å². The summed E-state index contributed by atoms with van der Waals surface area (Å²) >= 11 is 0. The molecule has 2 N–H and O–H groups in total. The Morgan fingerprint density at radius 2 is 1.91 bits per heavy atom. The Bertz CT molecular complexity index is 684. The molecule has 3 rings (SSSR count). The minimum Gasteiger partial charge on any atom is -0.367 e. The van der Waals surface area contributed by atoms with Gasteiger partial charge in [-0.1, -0.05) is 31.7 Å². The quantitative estimate of drug-likeness (QED) is 0.827. The van der Waals surface area contributed by atoms with Crippen LogP contribution in [0.4, 0.5) is 17.5 Å². The molecule has 0 unspecified atom stereocenters. The predicted molar refractivity (Wildman–Crippen MR) is 91.6 cm³/mol. The fraction of sp³-hybridized carbons (Fsp3) is 0.389. The van der Waals surface area contributed by atoms with Crippen molar-refractivity contribution in [2.75, 3.05) is 10.6 Å². The molecule has 0 bridgehead atoms. The van der Waals surface area contributed by atoms with E-state index in [-0.39, 0.29) is 0 Å². The predicted octanol–water partition coefficient (Wildman–Crippen LogP) is 4.23. The summed E-state index contributed by atoms with van der Waals surface area (Å²) in [5, 5.41) is 15.6. The van der Waals surface area contributed by atoms with Gasteiger partial charge in [0.2, 0.25) is 5.95 Å². The maximum Gasteiger partial charge on any atom is 0.229 e. The molecular weight excluding hydrogens is 286 g/mol. The molecule has 2 aromatic rings. The second kappa shape index (κ2) is 7.59. The van der Waals surface area contributed by atoms with Crippen molar-refractivity contribution in [3.05, 3.63) is 42.1 Å². The molecule has 0 amide bonds. The van der Waals surface area contributed by atoms with E-state index < -0.39 is 0 Å². The number of nitrogens with zero attached hydrogens (tertiary/aromatic N) is 3. The average molecular weight is 307 g/mol. The molecule has 1 aromatic carbocycles. The largest absolute Gasteiger partial charge is 0.367 e. The Morgan fingerprint density at radius 3 is 2.70 bits per heavy atom. The number of aromatic nitrogens is 2. The molecule has 23 heavy (non-hydrogen) atoms. The van der Waals surface area contributed by atoms with Gasteiger partial charge in [-0.3, -0.25) is 0 Å². The summed E-state index contributed by atoms with van der Waals surface area (Å²) in [6.45, 7) is 0. The van der Waals surface area contributed by atoms with Crippen molar-refractivity contribution in [3.63, 3.8) is 0 Å². The molecule has 1 aromatic heterocycles. The number of hydrogen-bond donors (Lipinski definition) is 2. The average Bonchev–Trinajstić information content (AvgIpc) is 2.84. The topological polar surface area (TPSA) is 73.6 Å². The summed E-state index contributed by atoms with van der Waals surface area (Å²) in [4.78, 5) is 8.79. The molecule has 1 heterocycles. The lowest BCUT2D eigenvalue weighted by molar-refractivity contribution is 0.617. The minimum absolute atomic E-state index is 0.502. The second-order valence-corrected chi connectivity index (χ2v) is 5.92. The number of nitriles is 1. The highest BCUT2D eigenvalue weighted by atomic mass is 15.1. The summed E-state index contributed by atoms with van der Waals surface area (Å²) in [6, 6.07) is 11.8. The molecule has 1 aliphatic carbocycles. The first-order valence-electron chi connectivity index (χ1n) is 8.20. The van der Waals surface area contributed by atoms with E-state index in [0.29, 0.717) is 17.6 Å². The molecule has 1 fully saturated rings. The summed E-state index contributed by atoms with van der Waals surface area (Å²) < 4.78 is 0. The first-order valence-corrected chi connectivity index (χ1v) is 8.20. The number of nitrogens with one attached hydrogen (secondary N) is 2. The second-order valence-electron chi connectivity index (χ2n) is 5.92. The van der Waals surface area contributed by atoms with Crippen LogP contribution in [0.5, 0.6) is 0 Å². The summed E-state index contributed by atoms with van der Waals surface area (Å²) in [5.74, 6) is 1.39. The molecule has 1 aliphatic rings. The lowest BCUT2D eigenvalue weighted by atomic mass is 10.1. The van der Waals surface area contributed by atoms with Gasteiger partial charge in [-0.05, 0) is 37.1 Å². The molecule has 0 atom stereocenters. The fourth-order valence-corrected chi connectivity index (χ4v) is 2.93. The molecule has 0 radical (unpaired) electrons. The van der Waals surface area contributed by atoms with Gasteiger partial charge in [-0.15, -0.1) is 0 Å². The van der Waals surface area contributed by atoms with Crippen molar-refractivity contribution in [2.45, 2.75) is 44.6 Å². The van der Waals surface area contributed by atoms with E-state index in [2.05, 4.69) is 26.7 Å². The van der Waals surface area contributed by atoms with Crippen molar-refractivity contribution < 1.29 is 0 Å².